The Morgan fingerprint density at radius 2 is 1.53 bits per heavy atom. The predicted molar refractivity (Wildman–Crippen MR) is 99.8 cm³/mol. The molecule has 0 atom stereocenters. The van der Waals surface area contributed by atoms with E-state index in [1.54, 1.807) is 0 Å². The third-order valence-electron chi connectivity index (χ3n) is 2.23. The van der Waals surface area contributed by atoms with E-state index < -0.39 is 29.3 Å². The van der Waals surface area contributed by atoms with Crippen LogP contribution in [0.3, 0.4) is 0 Å². The van der Waals surface area contributed by atoms with Crippen molar-refractivity contribution >= 4 is 51.9 Å². The van der Waals surface area contributed by atoms with Gasteiger partial charge in [-0.3, -0.25) is 0 Å². The maximum absolute atomic E-state index is 5.81. The monoisotopic (exact) mass is 430 g/mol. The minimum absolute atomic E-state index is 0.384. The van der Waals surface area contributed by atoms with Crippen LogP contribution in [0.15, 0.2) is 22.5 Å². The first-order valence-corrected chi connectivity index (χ1v) is 12.6. The highest BCUT2D eigenvalue weighted by Crippen LogP contribution is 2.01. The summed E-state index contributed by atoms with van der Waals surface area (Å²) in [5.41, 5.74) is 7.01. The average Bonchev–Trinajstić information content (AvgIpc) is 2.33. The molecule has 112 valence electrons. The highest BCUT2D eigenvalue weighted by Gasteiger charge is 2.07. The molecule has 0 radical (unpaired) electrons. The molecule has 0 aliphatic heterocycles. The van der Waals surface area contributed by atoms with Crippen LogP contribution in [0, 0.1) is 0 Å². The van der Waals surface area contributed by atoms with E-state index in [2.05, 4.69) is 61.7 Å². The van der Waals surface area contributed by atoms with Crippen molar-refractivity contribution in [2.75, 3.05) is 4.43 Å². The molecule has 0 saturated heterocycles. The van der Waals surface area contributed by atoms with Crippen molar-refractivity contribution in [1.82, 2.24) is 0 Å². The molecule has 0 saturated carbocycles. The van der Waals surface area contributed by atoms with Crippen LogP contribution in [0.5, 0.6) is 0 Å². The van der Waals surface area contributed by atoms with E-state index in [4.69, 9.17) is 13.3 Å². The Balaban J connectivity index is 3.99. The summed E-state index contributed by atoms with van der Waals surface area (Å²) in [6.07, 6.45) is 1.25. The van der Waals surface area contributed by atoms with Gasteiger partial charge >= 0.3 is 0 Å². The molecular formula is C12H27IO3Si3. The molecule has 0 aromatic rings. The van der Waals surface area contributed by atoms with Crippen molar-refractivity contribution in [1.29, 1.82) is 0 Å². The fraction of sp³-hybridized carbons (Fsp3) is 0.667. The van der Waals surface area contributed by atoms with Gasteiger partial charge in [0.2, 0.25) is 6.48 Å². The zero-order chi connectivity index (χ0) is 14.5. The van der Waals surface area contributed by atoms with Gasteiger partial charge in [-0.1, -0.05) is 45.1 Å². The molecule has 0 spiro atoms. The third kappa shape index (κ3) is 15.0. The summed E-state index contributed by atoms with van der Waals surface area (Å²) < 4.78 is 18.6. The van der Waals surface area contributed by atoms with Gasteiger partial charge in [0.1, 0.15) is 0 Å². The maximum atomic E-state index is 5.81. The van der Waals surface area contributed by atoms with Crippen LogP contribution in [0.1, 0.15) is 34.1 Å². The number of rotatable bonds is 11. The first-order chi connectivity index (χ1) is 9.06. The molecule has 0 unspecified atom stereocenters. The van der Waals surface area contributed by atoms with Crippen molar-refractivity contribution in [3.05, 3.63) is 22.5 Å². The number of hydrogen-bond acceptors (Lipinski definition) is 3. The van der Waals surface area contributed by atoms with Crippen molar-refractivity contribution in [2.45, 2.75) is 46.6 Å². The average molecular weight is 431 g/mol. The zero-order valence-electron chi connectivity index (χ0n) is 12.6. The van der Waals surface area contributed by atoms with E-state index in [1.165, 1.54) is 28.0 Å². The van der Waals surface area contributed by atoms with Gasteiger partial charge in [0.25, 0.3) is 0 Å². The second-order valence-electron chi connectivity index (χ2n) is 4.79. The van der Waals surface area contributed by atoms with E-state index in [-0.39, 0.29) is 6.48 Å². The molecule has 0 aromatic carbocycles. The molecule has 0 aromatic heterocycles. The summed E-state index contributed by atoms with van der Waals surface area (Å²) in [6, 6.07) is 1.21. The van der Waals surface area contributed by atoms with Gasteiger partial charge in [-0.15, -0.1) is 0 Å². The van der Waals surface area contributed by atoms with Gasteiger partial charge in [-0.2, -0.15) is 0 Å². The Morgan fingerprint density at radius 3 is 1.95 bits per heavy atom. The van der Waals surface area contributed by atoms with Gasteiger partial charge in [-0.25, -0.2) is 0 Å². The fourth-order valence-electron chi connectivity index (χ4n) is 1.11. The minimum atomic E-state index is -0.660. The van der Waals surface area contributed by atoms with Crippen LogP contribution >= 0.6 is 22.6 Å². The van der Waals surface area contributed by atoms with Crippen molar-refractivity contribution < 1.29 is 13.3 Å². The Morgan fingerprint density at radius 1 is 1.00 bits per heavy atom. The van der Waals surface area contributed by atoms with Crippen LogP contribution < -0.4 is 0 Å². The summed E-state index contributed by atoms with van der Waals surface area (Å²) >= 11 is 2.41. The van der Waals surface area contributed by atoms with Crippen LogP contribution in [-0.4, -0.2) is 40.2 Å². The van der Waals surface area contributed by atoms with Gasteiger partial charge in [0, 0.05) is 0 Å². The summed E-state index contributed by atoms with van der Waals surface area (Å²) in [6.45, 7) is 8.01. The second kappa shape index (κ2) is 13.7. The highest BCUT2D eigenvalue weighted by atomic mass is 127. The van der Waals surface area contributed by atoms with Crippen LogP contribution in [0.4, 0.5) is 0 Å². The number of alkyl halides is 1. The van der Waals surface area contributed by atoms with Gasteiger partial charge < -0.3 is 13.3 Å². The lowest BCUT2D eigenvalue weighted by Crippen LogP contribution is -2.25. The largest absolute Gasteiger partial charge is 0.380 e. The van der Waals surface area contributed by atoms with Crippen LogP contribution in [0.25, 0.3) is 0 Å². The number of hydrogen-bond donors (Lipinski definition) is 0. The molecule has 19 heavy (non-hydrogen) atoms. The molecular weight excluding hydrogens is 403 g/mol. The number of halogens is 1. The summed E-state index contributed by atoms with van der Waals surface area (Å²) in [7, 11) is -1.81. The molecule has 0 aliphatic carbocycles. The molecule has 0 fully saturated rings. The van der Waals surface area contributed by atoms with E-state index >= 15 is 0 Å². The first-order valence-electron chi connectivity index (χ1n) is 6.73. The summed E-state index contributed by atoms with van der Waals surface area (Å²) in [4.78, 5) is 0. The van der Waals surface area contributed by atoms with E-state index in [1.807, 2.05) is 0 Å². The topological polar surface area (TPSA) is 27.7 Å². The molecule has 7 heteroatoms. The highest BCUT2D eigenvalue weighted by molar-refractivity contribution is 14.1. The Kier molecular flexibility index (Phi) is 14.2. The quantitative estimate of drug-likeness (QED) is 0.164. The van der Waals surface area contributed by atoms with Gasteiger partial charge in [0.15, 0.2) is 29.3 Å². The van der Waals surface area contributed by atoms with Gasteiger partial charge in [-0.05, 0) is 44.6 Å². The number of allylic oxidation sites excluding steroid dienone is 2. The van der Waals surface area contributed by atoms with Crippen LogP contribution in [-0.2, 0) is 13.3 Å². The standard InChI is InChI=1S/C12H27IO3Si3/c1-10(2)8-18-15-12(14-17-7-5-6-13)16-19-9-11(3)4/h8-9,12H,5-7,17-19H2,1-4H3. The summed E-state index contributed by atoms with van der Waals surface area (Å²) in [5, 5.41) is 0. The lowest BCUT2D eigenvalue weighted by Gasteiger charge is -2.18. The van der Waals surface area contributed by atoms with Gasteiger partial charge in [0.05, 0.1) is 0 Å². The SMILES string of the molecule is CC(C)=C[SiH2]OC(O[SiH2]C=C(C)C)O[SiH2]CCCI. The zero-order valence-corrected chi connectivity index (χ0v) is 19.0. The van der Waals surface area contributed by atoms with E-state index in [0.29, 0.717) is 0 Å². The Hall–Kier alpha value is 0.741. The lowest BCUT2D eigenvalue weighted by molar-refractivity contribution is -0.138. The molecule has 0 N–H and O–H groups in total. The van der Waals surface area contributed by atoms with Crippen molar-refractivity contribution in [3.63, 3.8) is 0 Å². The van der Waals surface area contributed by atoms with E-state index in [9.17, 15) is 0 Å². The lowest BCUT2D eigenvalue weighted by atomic mass is 10.4. The molecule has 0 rings (SSSR count). The van der Waals surface area contributed by atoms with Crippen LogP contribution in [0.2, 0.25) is 6.04 Å². The molecule has 3 nitrogen and oxygen atoms in total. The minimum Gasteiger partial charge on any atom is -0.380 e. The van der Waals surface area contributed by atoms with Crippen molar-refractivity contribution in [2.24, 2.45) is 0 Å². The third-order valence-corrected chi connectivity index (χ3v) is 7.18. The Bertz CT molecular complexity index is 255. The fourth-order valence-corrected chi connectivity index (χ4v) is 5.81. The molecule has 0 bridgehead atoms. The normalized spacial score (nSPS) is 13.9. The smallest absolute Gasteiger partial charge is 0.242 e. The second-order valence-corrected chi connectivity index (χ2v) is 9.46. The molecule has 0 aliphatic rings. The predicted octanol–water partition coefficient (Wildman–Crippen LogP) is 1.66. The Labute approximate surface area is 138 Å². The first kappa shape index (κ1) is 19.7. The molecule has 0 amide bonds. The van der Waals surface area contributed by atoms with E-state index in [0.717, 1.165) is 0 Å². The summed E-state index contributed by atoms with van der Waals surface area (Å²) in [5.74, 6) is 0. The van der Waals surface area contributed by atoms with Crippen molar-refractivity contribution in [3.8, 4) is 0 Å². The molecule has 0 heterocycles. The maximum Gasteiger partial charge on any atom is 0.242 e.